The fraction of sp³-hybridized carbons (Fsp3) is 0.500. The normalized spacial score (nSPS) is 17.6. The maximum atomic E-state index is 12.8. The van der Waals surface area contributed by atoms with Crippen LogP contribution in [0.5, 0.6) is 0 Å². The third kappa shape index (κ3) is 2.83. The predicted molar refractivity (Wildman–Crippen MR) is 67.6 cm³/mol. The molecule has 0 atom stereocenters. The van der Waals surface area contributed by atoms with Gasteiger partial charge in [-0.3, -0.25) is 0 Å². The number of piperazine rings is 1. The minimum Gasteiger partial charge on any atom is -0.369 e. The van der Waals surface area contributed by atoms with Gasteiger partial charge in [-0.1, -0.05) is 12.1 Å². The Kier molecular flexibility index (Phi) is 3.71. The van der Waals surface area contributed by atoms with Crippen molar-refractivity contribution in [2.24, 2.45) is 11.5 Å². The molecule has 4 nitrogen and oxygen atoms in total. The Morgan fingerprint density at radius 2 is 1.74 bits per heavy atom. The number of halogens is 3. The highest BCUT2D eigenvalue weighted by molar-refractivity contribution is 5.50. The monoisotopic (exact) mass is 274 g/mol. The highest BCUT2D eigenvalue weighted by Gasteiger charge is 2.50. The van der Waals surface area contributed by atoms with Crippen LogP contribution >= 0.6 is 0 Å². The van der Waals surface area contributed by atoms with Crippen LogP contribution < -0.4 is 21.7 Å². The minimum atomic E-state index is -4.69. The predicted octanol–water partition coefficient (Wildman–Crippen LogP) is 0.729. The van der Waals surface area contributed by atoms with E-state index < -0.39 is 11.8 Å². The lowest BCUT2D eigenvalue weighted by atomic mass is 10.00. The van der Waals surface area contributed by atoms with Gasteiger partial charge in [0.05, 0.1) is 0 Å². The van der Waals surface area contributed by atoms with Crippen molar-refractivity contribution < 1.29 is 13.2 Å². The van der Waals surface area contributed by atoms with Crippen molar-refractivity contribution in [2.45, 2.75) is 11.8 Å². The second-order valence-electron chi connectivity index (χ2n) is 4.65. The molecule has 0 aliphatic carbocycles. The van der Waals surface area contributed by atoms with Crippen LogP contribution in [0.1, 0.15) is 5.56 Å². The Hall–Kier alpha value is -1.31. The molecule has 19 heavy (non-hydrogen) atoms. The summed E-state index contributed by atoms with van der Waals surface area (Å²) in [5, 5.41) is 3.18. The van der Waals surface area contributed by atoms with E-state index in [2.05, 4.69) is 5.32 Å². The number of rotatable bonds is 2. The number of nitrogens with zero attached hydrogens (tertiary/aromatic N) is 1. The molecule has 7 heteroatoms. The first-order valence-corrected chi connectivity index (χ1v) is 6.03. The van der Waals surface area contributed by atoms with Crippen molar-refractivity contribution in [3.8, 4) is 0 Å². The van der Waals surface area contributed by atoms with Gasteiger partial charge in [-0.2, -0.15) is 13.2 Å². The second-order valence-corrected chi connectivity index (χ2v) is 4.65. The van der Waals surface area contributed by atoms with Crippen molar-refractivity contribution >= 4 is 5.69 Å². The molecule has 106 valence electrons. The number of nitrogens with two attached hydrogens (primary N) is 2. The number of benzene rings is 1. The molecule has 0 spiro atoms. The fourth-order valence-corrected chi connectivity index (χ4v) is 2.05. The Balaban J connectivity index is 2.28. The molecule has 1 aromatic rings. The van der Waals surface area contributed by atoms with Crippen LogP contribution in [-0.4, -0.2) is 32.4 Å². The Morgan fingerprint density at radius 3 is 2.32 bits per heavy atom. The zero-order valence-corrected chi connectivity index (χ0v) is 10.4. The summed E-state index contributed by atoms with van der Waals surface area (Å²) in [7, 11) is 0. The highest BCUT2D eigenvalue weighted by atomic mass is 19.4. The quantitative estimate of drug-likeness (QED) is 0.696. The van der Waals surface area contributed by atoms with Gasteiger partial charge in [0.25, 0.3) is 0 Å². The second kappa shape index (κ2) is 4.99. The third-order valence-corrected chi connectivity index (χ3v) is 3.28. The molecule has 0 radical (unpaired) electrons. The summed E-state index contributed by atoms with van der Waals surface area (Å²) >= 11 is 0. The van der Waals surface area contributed by atoms with Crippen LogP contribution in [0.15, 0.2) is 24.3 Å². The van der Waals surface area contributed by atoms with Gasteiger partial charge >= 0.3 is 6.18 Å². The van der Waals surface area contributed by atoms with Crippen molar-refractivity contribution in [1.82, 2.24) is 5.32 Å². The third-order valence-electron chi connectivity index (χ3n) is 3.28. The van der Waals surface area contributed by atoms with Crippen LogP contribution in [0.3, 0.4) is 0 Å². The summed E-state index contributed by atoms with van der Waals surface area (Å²) in [5.41, 5.74) is 8.23. The maximum Gasteiger partial charge on any atom is 0.423 e. The van der Waals surface area contributed by atoms with Crippen LogP contribution in [-0.2, 0) is 5.66 Å². The lowest BCUT2D eigenvalue weighted by Crippen LogP contribution is -2.58. The lowest BCUT2D eigenvalue weighted by Gasteiger charge is -2.32. The van der Waals surface area contributed by atoms with Crippen LogP contribution in [0.4, 0.5) is 18.9 Å². The Morgan fingerprint density at radius 1 is 1.11 bits per heavy atom. The molecular weight excluding hydrogens is 257 g/mol. The van der Waals surface area contributed by atoms with Gasteiger partial charge in [0.15, 0.2) is 5.66 Å². The van der Waals surface area contributed by atoms with E-state index in [0.29, 0.717) is 5.69 Å². The zero-order chi connectivity index (χ0) is 14.1. The SMILES string of the molecule is NC(N)(c1cccc(N2CCNCC2)c1)C(F)(F)F. The van der Waals surface area contributed by atoms with E-state index in [1.54, 1.807) is 12.1 Å². The molecular formula is C12H17F3N4. The standard InChI is InChI=1S/C12H17F3N4/c13-12(14,15)11(16,17)9-2-1-3-10(8-9)19-6-4-18-5-7-19/h1-3,8,18H,4-7,16-17H2. The average Bonchev–Trinajstić information content (AvgIpc) is 2.39. The average molecular weight is 274 g/mol. The minimum absolute atomic E-state index is 0.129. The molecule has 0 bridgehead atoms. The van der Waals surface area contributed by atoms with Crippen molar-refractivity contribution in [2.75, 3.05) is 31.1 Å². The number of alkyl halides is 3. The highest BCUT2D eigenvalue weighted by Crippen LogP contribution is 2.33. The molecule has 1 fully saturated rings. The number of nitrogens with one attached hydrogen (secondary N) is 1. The van der Waals surface area contributed by atoms with E-state index in [-0.39, 0.29) is 5.56 Å². The van der Waals surface area contributed by atoms with E-state index in [9.17, 15) is 13.2 Å². The molecule has 0 unspecified atom stereocenters. The van der Waals surface area contributed by atoms with Crippen molar-refractivity contribution in [3.63, 3.8) is 0 Å². The number of hydrogen-bond acceptors (Lipinski definition) is 4. The van der Waals surface area contributed by atoms with Gasteiger partial charge < -0.3 is 21.7 Å². The number of hydrogen-bond donors (Lipinski definition) is 3. The number of anilines is 1. The molecule has 1 heterocycles. The van der Waals surface area contributed by atoms with Crippen molar-refractivity contribution in [1.29, 1.82) is 0 Å². The van der Waals surface area contributed by atoms with Gasteiger partial charge in [-0.25, -0.2) is 0 Å². The van der Waals surface area contributed by atoms with Gasteiger partial charge in [0, 0.05) is 31.9 Å². The lowest BCUT2D eigenvalue weighted by molar-refractivity contribution is -0.188. The molecule has 1 aliphatic heterocycles. The topological polar surface area (TPSA) is 67.3 Å². The van der Waals surface area contributed by atoms with E-state index >= 15 is 0 Å². The van der Waals surface area contributed by atoms with Crippen LogP contribution in [0.2, 0.25) is 0 Å². The molecule has 1 aliphatic rings. The summed E-state index contributed by atoms with van der Waals surface area (Å²) < 4.78 is 38.5. The Labute approximate surface area is 109 Å². The molecule has 0 saturated carbocycles. The maximum absolute atomic E-state index is 12.8. The van der Waals surface area contributed by atoms with Crippen LogP contribution in [0.25, 0.3) is 0 Å². The van der Waals surface area contributed by atoms with E-state index in [4.69, 9.17) is 11.5 Å². The fourth-order valence-electron chi connectivity index (χ4n) is 2.05. The molecule has 1 aromatic carbocycles. The van der Waals surface area contributed by atoms with E-state index in [1.165, 1.54) is 12.1 Å². The molecule has 1 saturated heterocycles. The van der Waals surface area contributed by atoms with Crippen molar-refractivity contribution in [3.05, 3.63) is 29.8 Å². The first kappa shape index (κ1) is 14.1. The van der Waals surface area contributed by atoms with Gasteiger partial charge in [-0.05, 0) is 17.7 Å². The van der Waals surface area contributed by atoms with Gasteiger partial charge in [-0.15, -0.1) is 0 Å². The summed E-state index contributed by atoms with van der Waals surface area (Å²) in [6.45, 7) is 3.11. The van der Waals surface area contributed by atoms with E-state index in [1.807, 2.05) is 4.90 Å². The first-order chi connectivity index (χ1) is 8.82. The molecule has 5 N–H and O–H groups in total. The van der Waals surface area contributed by atoms with E-state index in [0.717, 1.165) is 26.2 Å². The van der Waals surface area contributed by atoms with Crippen LogP contribution in [0, 0.1) is 0 Å². The summed E-state index contributed by atoms with van der Waals surface area (Å²) in [6.07, 6.45) is -4.69. The van der Waals surface area contributed by atoms with Gasteiger partial charge in [0.1, 0.15) is 0 Å². The largest absolute Gasteiger partial charge is 0.423 e. The summed E-state index contributed by atoms with van der Waals surface area (Å²) in [5.74, 6) is 0. The van der Waals surface area contributed by atoms with Gasteiger partial charge in [0.2, 0.25) is 0 Å². The zero-order valence-electron chi connectivity index (χ0n) is 10.4. The summed E-state index contributed by atoms with van der Waals surface area (Å²) in [6, 6.07) is 6.03. The summed E-state index contributed by atoms with van der Waals surface area (Å²) in [4.78, 5) is 2.01. The Bertz CT molecular complexity index is 439. The molecule has 0 aromatic heterocycles. The smallest absolute Gasteiger partial charge is 0.369 e. The first-order valence-electron chi connectivity index (χ1n) is 6.03. The molecule has 0 amide bonds. The molecule has 2 rings (SSSR count).